The summed E-state index contributed by atoms with van der Waals surface area (Å²) in [6, 6.07) is 14.3. The van der Waals surface area contributed by atoms with Gasteiger partial charge in [-0.25, -0.2) is 0 Å². The van der Waals surface area contributed by atoms with E-state index in [1.54, 1.807) is 26.0 Å². The Kier molecular flexibility index (Phi) is 5.83. The molecular weight excluding hydrogens is 346 g/mol. The highest BCUT2D eigenvalue weighted by molar-refractivity contribution is 7.98. The van der Waals surface area contributed by atoms with Gasteiger partial charge < -0.3 is 14.0 Å². The van der Waals surface area contributed by atoms with E-state index in [2.05, 4.69) is 52.9 Å². The first kappa shape index (κ1) is 18.3. The van der Waals surface area contributed by atoms with Crippen LogP contribution in [-0.2, 0) is 12.3 Å². The number of ether oxygens (including phenoxy) is 2. The third kappa shape index (κ3) is 3.85. The van der Waals surface area contributed by atoms with Crippen molar-refractivity contribution in [2.45, 2.75) is 31.3 Å². The third-order valence-electron chi connectivity index (χ3n) is 4.13. The van der Waals surface area contributed by atoms with E-state index in [0.29, 0.717) is 11.5 Å². The molecule has 0 spiro atoms. The van der Waals surface area contributed by atoms with Crippen molar-refractivity contribution in [3.05, 3.63) is 53.6 Å². The second-order valence-electron chi connectivity index (χ2n) is 5.90. The van der Waals surface area contributed by atoms with Gasteiger partial charge >= 0.3 is 0 Å². The number of rotatable bonds is 7. The Hall–Kier alpha value is -2.47. The Morgan fingerprint density at radius 3 is 2.50 bits per heavy atom. The second-order valence-corrected chi connectivity index (χ2v) is 6.84. The molecule has 0 aliphatic rings. The van der Waals surface area contributed by atoms with E-state index in [1.807, 2.05) is 18.2 Å². The Labute approximate surface area is 158 Å². The molecule has 0 fully saturated rings. The van der Waals surface area contributed by atoms with Crippen LogP contribution in [0.1, 0.15) is 18.1 Å². The molecule has 1 heterocycles. The van der Waals surface area contributed by atoms with Crippen LogP contribution >= 0.6 is 11.8 Å². The van der Waals surface area contributed by atoms with Gasteiger partial charge in [0, 0.05) is 17.9 Å². The van der Waals surface area contributed by atoms with Crippen molar-refractivity contribution in [1.29, 1.82) is 0 Å². The molecule has 0 aliphatic heterocycles. The summed E-state index contributed by atoms with van der Waals surface area (Å²) in [6.07, 6.45) is 0. The molecule has 0 saturated heterocycles. The highest BCUT2D eigenvalue weighted by atomic mass is 32.2. The summed E-state index contributed by atoms with van der Waals surface area (Å²) >= 11 is 1.70. The van der Waals surface area contributed by atoms with Gasteiger partial charge in [-0.05, 0) is 37.6 Å². The van der Waals surface area contributed by atoms with Crippen molar-refractivity contribution in [1.82, 2.24) is 14.8 Å². The molecule has 26 heavy (non-hydrogen) atoms. The van der Waals surface area contributed by atoms with Gasteiger partial charge in [0.2, 0.25) is 0 Å². The summed E-state index contributed by atoms with van der Waals surface area (Å²) in [7, 11) is 3.27. The van der Waals surface area contributed by atoms with Crippen LogP contribution in [-0.4, -0.2) is 29.0 Å². The SMILES string of the molecule is CCn1c(SCc2cccc(C)c2)nnc1-c1ccc(OC)c(OC)c1. The van der Waals surface area contributed by atoms with Gasteiger partial charge in [0.15, 0.2) is 22.5 Å². The third-order valence-corrected chi connectivity index (χ3v) is 5.16. The quantitative estimate of drug-likeness (QED) is 0.571. The molecule has 6 heteroatoms. The van der Waals surface area contributed by atoms with E-state index >= 15 is 0 Å². The minimum absolute atomic E-state index is 0.685. The number of aromatic nitrogens is 3. The molecule has 2 aromatic carbocycles. The van der Waals surface area contributed by atoms with E-state index in [0.717, 1.165) is 28.8 Å². The summed E-state index contributed by atoms with van der Waals surface area (Å²) in [6.45, 7) is 5.01. The predicted octanol–water partition coefficient (Wildman–Crippen LogP) is 4.58. The molecule has 0 N–H and O–H groups in total. The number of nitrogens with zero attached hydrogens (tertiary/aromatic N) is 3. The Morgan fingerprint density at radius 1 is 1.00 bits per heavy atom. The van der Waals surface area contributed by atoms with Gasteiger partial charge in [-0.15, -0.1) is 10.2 Å². The Balaban J connectivity index is 1.86. The van der Waals surface area contributed by atoms with Crippen molar-refractivity contribution in [2.24, 2.45) is 0 Å². The van der Waals surface area contributed by atoms with Crippen LogP contribution in [0.15, 0.2) is 47.6 Å². The fraction of sp³-hybridized carbons (Fsp3) is 0.300. The lowest BCUT2D eigenvalue weighted by molar-refractivity contribution is 0.355. The van der Waals surface area contributed by atoms with E-state index in [4.69, 9.17) is 9.47 Å². The molecule has 3 aromatic rings. The van der Waals surface area contributed by atoms with Crippen LogP contribution in [0, 0.1) is 6.92 Å². The molecule has 0 unspecified atom stereocenters. The molecule has 0 atom stereocenters. The largest absolute Gasteiger partial charge is 0.493 e. The summed E-state index contributed by atoms with van der Waals surface area (Å²) in [4.78, 5) is 0. The molecule has 0 saturated carbocycles. The van der Waals surface area contributed by atoms with Crippen LogP contribution in [0.5, 0.6) is 11.5 Å². The minimum atomic E-state index is 0.685. The molecule has 0 bridgehead atoms. The molecule has 5 nitrogen and oxygen atoms in total. The second kappa shape index (κ2) is 8.27. The van der Waals surface area contributed by atoms with Crippen LogP contribution < -0.4 is 9.47 Å². The highest BCUT2D eigenvalue weighted by Crippen LogP contribution is 2.33. The lowest BCUT2D eigenvalue weighted by Gasteiger charge is -2.11. The van der Waals surface area contributed by atoms with Crippen molar-refractivity contribution in [2.75, 3.05) is 14.2 Å². The first-order valence-corrected chi connectivity index (χ1v) is 9.48. The first-order valence-electron chi connectivity index (χ1n) is 8.50. The molecule has 3 rings (SSSR count). The topological polar surface area (TPSA) is 49.2 Å². The molecule has 0 amide bonds. The summed E-state index contributed by atoms with van der Waals surface area (Å²) < 4.78 is 12.8. The number of aryl methyl sites for hydroxylation is 1. The minimum Gasteiger partial charge on any atom is -0.493 e. The van der Waals surface area contributed by atoms with Gasteiger partial charge in [0.05, 0.1) is 14.2 Å². The van der Waals surface area contributed by atoms with E-state index in [9.17, 15) is 0 Å². The maximum atomic E-state index is 5.41. The lowest BCUT2D eigenvalue weighted by atomic mass is 10.2. The van der Waals surface area contributed by atoms with Crippen molar-refractivity contribution < 1.29 is 9.47 Å². The van der Waals surface area contributed by atoms with Crippen molar-refractivity contribution in [3.63, 3.8) is 0 Å². The Bertz CT molecular complexity index is 893. The Morgan fingerprint density at radius 2 is 1.81 bits per heavy atom. The van der Waals surface area contributed by atoms with Gasteiger partial charge in [-0.2, -0.15) is 0 Å². The maximum Gasteiger partial charge on any atom is 0.191 e. The molecule has 0 aliphatic carbocycles. The first-order chi connectivity index (χ1) is 12.7. The predicted molar refractivity (Wildman–Crippen MR) is 105 cm³/mol. The lowest BCUT2D eigenvalue weighted by Crippen LogP contribution is -2.00. The van der Waals surface area contributed by atoms with Crippen LogP contribution in [0.2, 0.25) is 0 Å². The molecule has 1 aromatic heterocycles. The number of hydrogen-bond donors (Lipinski definition) is 0. The monoisotopic (exact) mass is 369 g/mol. The number of thioether (sulfide) groups is 1. The maximum absolute atomic E-state index is 5.41. The standard InChI is InChI=1S/C20H23N3O2S/c1-5-23-19(16-9-10-17(24-3)18(12-16)25-4)21-22-20(23)26-13-15-8-6-7-14(2)11-15/h6-12H,5,13H2,1-4H3. The van der Waals surface area contributed by atoms with Crippen LogP contribution in [0.25, 0.3) is 11.4 Å². The highest BCUT2D eigenvalue weighted by Gasteiger charge is 2.15. The van der Waals surface area contributed by atoms with Gasteiger partial charge in [-0.3, -0.25) is 0 Å². The summed E-state index contributed by atoms with van der Waals surface area (Å²) in [5, 5.41) is 9.73. The molecular formula is C20H23N3O2S. The fourth-order valence-corrected chi connectivity index (χ4v) is 3.76. The number of methoxy groups -OCH3 is 2. The van der Waals surface area contributed by atoms with Gasteiger partial charge in [0.1, 0.15) is 0 Å². The zero-order valence-electron chi connectivity index (χ0n) is 15.5. The number of hydrogen-bond acceptors (Lipinski definition) is 5. The average Bonchev–Trinajstić information content (AvgIpc) is 3.08. The van der Waals surface area contributed by atoms with Gasteiger partial charge in [-0.1, -0.05) is 41.6 Å². The summed E-state index contributed by atoms with van der Waals surface area (Å²) in [5.74, 6) is 3.09. The van der Waals surface area contributed by atoms with Crippen molar-refractivity contribution in [3.8, 4) is 22.9 Å². The smallest absolute Gasteiger partial charge is 0.191 e. The van der Waals surface area contributed by atoms with E-state index < -0.39 is 0 Å². The van der Waals surface area contributed by atoms with Crippen LogP contribution in [0.4, 0.5) is 0 Å². The zero-order valence-corrected chi connectivity index (χ0v) is 16.3. The fourth-order valence-electron chi connectivity index (χ4n) is 2.82. The average molecular weight is 369 g/mol. The van der Waals surface area contributed by atoms with E-state index in [1.165, 1.54) is 11.1 Å². The van der Waals surface area contributed by atoms with Crippen LogP contribution in [0.3, 0.4) is 0 Å². The molecule has 0 radical (unpaired) electrons. The number of benzene rings is 2. The van der Waals surface area contributed by atoms with Gasteiger partial charge in [0.25, 0.3) is 0 Å². The zero-order chi connectivity index (χ0) is 18.5. The van der Waals surface area contributed by atoms with E-state index in [-0.39, 0.29) is 0 Å². The van der Waals surface area contributed by atoms with Crippen molar-refractivity contribution >= 4 is 11.8 Å². The molecule has 136 valence electrons. The normalized spacial score (nSPS) is 10.8. The summed E-state index contributed by atoms with van der Waals surface area (Å²) in [5.41, 5.74) is 3.51.